The molecule has 0 N–H and O–H groups in total. The average molecular weight is 338 g/mol. The van der Waals surface area contributed by atoms with E-state index in [1.165, 1.54) is 17.0 Å². The summed E-state index contributed by atoms with van der Waals surface area (Å²) in [6.07, 6.45) is 0.866. The van der Waals surface area contributed by atoms with Crippen LogP contribution in [0.3, 0.4) is 0 Å². The minimum absolute atomic E-state index is 0.242. The van der Waals surface area contributed by atoms with Gasteiger partial charge in [-0.05, 0) is 44.4 Å². The van der Waals surface area contributed by atoms with Crippen molar-refractivity contribution in [2.45, 2.75) is 38.3 Å². The molecule has 3 rings (SSSR count). The predicted molar refractivity (Wildman–Crippen MR) is 82.2 cm³/mol. The molecule has 1 atom stereocenters. The van der Waals surface area contributed by atoms with Gasteiger partial charge in [-0.2, -0.15) is 0 Å². The van der Waals surface area contributed by atoms with Crippen LogP contribution in [0.25, 0.3) is 0 Å². The summed E-state index contributed by atoms with van der Waals surface area (Å²) in [5.74, 6) is -1.56. The van der Waals surface area contributed by atoms with Crippen LogP contribution >= 0.6 is 0 Å². The third-order valence-corrected chi connectivity index (χ3v) is 4.74. The Balaban J connectivity index is 1.87. The van der Waals surface area contributed by atoms with E-state index in [-0.39, 0.29) is 18.6 Å². The zero-order valence-corrected chi connectivity index (χ0v) is 13.7. The highest BCUT2D eigenvalue weighted by Crippen LogP contribution is 2.35. The normalized spacial score (nSPS) is 21.3. The van der Waals surface area contributed by atoms with Gasteiger partial charge in [-0.15, -0.1) is 0 Å². The van der Waals surface area contributed by atoms with Crippen molar-refractivity contribution < 1.29 is 23.1 Å². The molecule has 1 aromatic carbocycles. The maximum absolute atomic E-state index is 13.5. The Hall–Kier alpha value is -2.18. The van der Waals surface area contributed by atoms with E-state index in [1.54, 1.807) is 18.7 Å². The fourth-order valence-corrected chi connectivity index (χ4v) is 3.49. The third-order valence-electron chi connectivity index (χ3n) is 4.74. The zero-order chi connectivity index (χ0) is 17.5. The van der Waals surface area contributed by atoms with Crippen LogP contribution in [-0.4, -0.2) is 47.0 Å². The van der Waals surface area contributed by atoms with Crippen molar-refractivity contribution in [3.05, 3.63) is 35.4 Å². The van der Waals surface area contributed by atoms with Gasteiger partial charge in [0.1, 0.15) is 23.8 Å². The zero-order valence-electron chi connectivity index (χ0n) is 13.7. The molecule has 0 spiro atoms. The lowest BCUT2D eigenvalue weighted by Gasteiger charge is -2.37. The second kappa shape index (κ2) is 6.03. The van der Waals surface area contributed by atoms with Crippen LogP contribution in [-0.2, 0) is 9.53 Å². The van der Waals surface area contributed by atoms with Crippen LogP contribution in [0.2, 0.25) is 0 Å². The van der Waals surface area contributed by atoms with Gasteiger partial charge < -0.3 is 9.64 Å². The Kier molecular flexibility index (Phi) is 4.19. The molecular weight excluding hydrogens is 318 g/mol. The van der Waals surface area contributed by atoms with Gasteiger partial charge in [0.2, 0.25) is 5.91 Å². The van der Waals surface area contributed by atoms with Crippen molar-refractivity contribution in [3.8, 4) is 0 Å². The van der Waals surface area contributed by atoms with Gasteiger partial charge in [-0.3, -0.25) is 9.69 Å². The SMILES string of the molecule is CC(C)(C(=O)N1CCCC1c1cc(F)cc(F)c1)N1CCOC1=O. The van der Waals surface area contributed by atoms with E-state index in [0.717, 1.165) is 12.5 Å². The lowest BCUT2D eigenvalue weighted by atomic mass is 9.98. The van der Waals surface area contributed by atoms with Gasteiger partial charge in [0.15, 0.2) is 0 Å². The van der Waals surface area contributed by atoms with Crippen LogP contribution in [0.15, 0.2) is 18.2 Å². The summed E-state index contributed by atoms with van der Waals surface area (Å²) >= 11 is 0. The van der Waals surface area contributed by atoms with Crippen LogP contribution < -0.4 is 0 Å². The summed E-state index contributed by atoms with van der Waals surface area (Å²) in [7, 11) is 0. The molecule has 1 unspecified atom stereocenters. The topological polar surface area (TPSA) is 49.9 Å². The predicted octanol–water partition coefficient (Wildman–Crippen LogP) is 2.86. The fraction of sp³-hybridized carbons (Fsp3) is 0.529. The van der Waals surface area contributed by atoms with Crippen molar-refractivity contribution in [1.82, 2.24) is 9.80 Å². The number of benzene rings is 1. The molecule has 0 radical (unpaired) electrons. The molecule has 2 amide bonds. The lowest BCUT2D eigenvalue weighted by Crippen LogP contribution is -2.56. The number of amides is 2. The van der Waals surface area contributed by atoms with Gasteiger partial charge in [-0.25, -0.2) is 13.6 Å². The molecule has 2 aliphatic heterocycles. The summed E-state index contributed by atoms with van der Waals surface area (Å²) in [6.45, 7) is 4.44. The quantitative estimate of drug-likeness (QED) is 0.851. The molecule has 0 aliphatic carbocycles. The summed E-state index contributed by atoms with van der Waals surface area (Å²) in [5.41, 5.74) is -0.625. The number of cyclic esters (lactones) is 1. The molecule has 0 bridgehead atoms. The summed E-state index contributed by atoms with van der Waals surface area (Å²) in [5, 5.41) is 0. The highest BCUT2D eigenvalue weighted by molar-refractivity contribution is 5.90. The Morgan fingerprint density at radius 2 is 1.88 bits per heavy atom. The number of rotatable bonds is 3. The maximum atomic E-state index is 13.5. The molecule has 0 aromatic heterocycles. The maximum Gasteiger partial charge on any atom is 0.410 e. The minimum Gasteiger partial charge on any atom is -0.448 e. The first-order valence-electron chi connectivity index (χ1n) is 8.02. The van der Waals surface area contributed by atoms with Crippen LogP contribution in [0.4, 0.5) is 13.6 Å². The number of halogens is 2. The molecule has 130 valence electrons. The van der Waals surface area contributed by atoms with Crippen molar-refractivity contribution in [3.63, 3.8) is 0 Å². The van der Waals surface area contributed by atoms with Gasteiger partial charge >= 0.3 is 6.09 Å². The van der Waals surface area contributed by atoms with E-state index in [0.29, 0.717) is 25.1 Å². The van der Waals surface area contributed by atoms with Crippen LogP contribution in [0.1, 0.15) is 38.3 Å². The number of hydrogen-bond acceptors (Lipinski definition) is 3. The molecule has 2 heterocycles. The van der Waals surface area contributed by atoms with Crippen molar-refractivity contribution in [2.75, 3.05) is 19.7 Å². The van der Waals surface area contributed by atoms with E-state index < -0.39 is 23.3 Å². The fourth-order valence-electron chi connectivity index (χ4n) is 3.49. The second-order valence-corrected chi connectivity index (χ2v) is 6.68. The van der Waals surface area contributed by atoms with E-state index >= 15 is 0 Å². The first-order chi connectivity index (χ1) is 11.3. The third kappa shape index (κ3) is 2.83. The first kappa shape index (κ1) is 16.7. The Morgan fingerprint density at radius 3 is 2.46 bits per heavy atom. The van der Waals surface area contributed by atoms with E-state index in [4.69, 9.17) is 4.74 Å². The number of carbonyl (C=O) groups excluding carboxylic acids is 2. The Labute approximate surface area is 139 Å². The van der Waals surface area contributed by atoms with E-state index in [9.17, 15) is 18.4 Å². The Morgan fingerprint density at radius 1 is 1.21 bits per heavy atom. The standard InChI is InChI=1S/C17H20F2N2O3/c1-17(2,21-6-7-24-16(21)23)15(22)20-5-3-4-14(20)11-8-12(18)10-13(19)9-11/h8-10,14H,3-7H2,1-2H3. The first-order valence-corrected chi connectivity index (χ1v) is 8.02. The van der Waals surface area contributed by atoms with Crippen molar-refractivity contribution in [1.29, 1.82) is 0 Å². The largest absolute Gasteiger partial charge is 0.448 e. The molecule has 24 heavy (non-hydrogen) atoms. The van der Waals surface area contributed by atoms with Crippen molar-refractivity contribution >= 4 is 12.0 Å². The summed E-state index contributed by atoms with van der Waals surface area (Å²) < 4.78 is 32.0. The monoisotopic (exact) mass is 338 g/mol. The van der Waals surface area contributed by atoms with Gasteiger partial charge in [-0.1, -0.05) is 0 Å². The highest BCUT2D eigenvalue weighted by atomic mass is 19.1. The molecular formula is C17H20F2N2O3. The van der Waals surface area contributed by atoms with Crippen LogP contribution in [0.5, 0.6) is 0 Å². The van der Waals surface area contributed by atoms with Gasteiger partial charge in [0.25, 0.3) is 0 Å². The number of nitrogens with zero attached hydrogens (tertiary/aromatic N) is 2. The molecule has 2 saturated heterocycles. The van der Waals surface area contributed by atoms with Gasteiger partial charge in [0.05, 0.1) is 12.6 Å². The molecule has 5 nitrogen and oxygen atoms in total. The number of carbonyl (C=O) groups is 2. The van der Waals surface area contributed by atoms with E-state index in [2.05, 4.69) is 0 Å². The van der Waals surface area contributed by atoms with Crippen molar-refractivity contribution in [2.24, 2.45) is 0 Å². The molecule has 7 heteroatoms. The molecule has 0 saturated carbocycles. The lowest BCUT2D eigenvalue weighted by molar-refractivity contribution is -0.141. The summed E-state index contributed by atoms with van der Waals surface area (Å²) in [4.78, 5) is 27.9. The smallest absolute Gasteiger partial charge is 0.410 e. The highest BCUT2D eigenvalue weighted by Gasteiger charge is 2.46. The molecule has 1 aromatic rings. The van der Waals surface area contributed by atoms with Crippen LogP contribution in [0, 0.1) is 11.6 Å². The number of likely N-dealkylation sites (tertiary alicyclic amines) is 1. The Bertz CT molecular complexity index is 658. The summed E-state index contributed by atoms with van der Waals surface area (Å²) in [6, 6.07) is 2.95. The van der Waals surface area contributed by atoms with E-state index in [1.807, 2.05) is 0 Å². The average Bonchev–Trinajstić information content (AvgIpc) is 3.14. The molecule has 2 fully saturated rings. The van der Waals surface area contributed by atoms with Gasteiger partial charge in [0, 0.05) is 12.6 Å². The second-order valence-electron chi connectivity index (χ2n) is 6.68. The molecule has 2 aliphatic rings. The minimum atomic E-state index is -1.07. The number of ether oxygens (including phenoxy) is 1. The number of hydrogen-bond donors (Lipinski definition) is 0.